The van der Waals surface area contributed by atoms with E-state index in [9.17, 15) is 0 Å². The van der Waals surface area contributed by atoms with Gasteiger partial charge in [-0.15, -0.1) is 0 Å². The molecule has 1 heterocycles. The molecule has 2 unspecified atom stereocenters. The lowest BCUT2D eigenvalue weighted by molar-refractivity contribution is 0.319. The molecule has 0 bridgehead atoms. The van der Waals surface area contributed by atoms with Crippen LogP contribution in [0.2, 0.25) is 0 Å². The van der Waals surface area contributed by atoms with Crippen molar-refractivity contribution in [2.75, 3.05) is 6.54 Å². The Hall–Kier alpha value is -0.900. The lowest BCUT2D eigenvalue weighted by Gasteiger charge is -2.20. The molecule has 1 fully saturated rings. The van der Waals surface area contributed by atoms with Crippen LogP contribution in [0, 0.1) is 5.92 Å². The zero-order valence-electron chi connectivity index (χ0n) is 11.1. The van der Waals surface area contributed by atoms with E-state index in [1.54, 1.807) is 0 Å². The van der Waals surface area contributed by atoms with Crippen LogP contribution in [-0.4, -0.2) is 22.7 Å². The van der Waals surface area contributed by atoms with E-state index in [4.69, 9.17) is 4.52 Å². The summed E-state index contributed by atoms with van der Waals surface area (Å²) >= 11 is 0. The van der Waals surface area contributed by atoms with E-state index in [0.717, 1.165) is 37.0 Å². The number of likely N-dealkylation sites (N-methyl/N-ethyl adjacent to an activating group) is 1. The molecular weight excluding hydrogens is 214 g/mol. The quantitative estimate of drug-likeness (QED) is 0.791. The largest absolute Gasteiger partial charge is 0.339 e. The van der Waals surface area contributed by atoms with E-state index >= 15 is 0 Å². The van der Waals surface area contributed by atoms with Crippen LogP contribution in [0.15, 0.2) is 4.52 Å². The molecule has 1 aliphatic carbocycles. The number of nitrogens with one attached hydrogen (secondary N) is 1. The van der Waals surface area contributed by atoms with Crippen molar-refractivity contribution in [2.45, 2.75) is 58.4 Å². The van der Waals surface area contributed by atoms with Crippen LogP contribution in [0.1, 0.15) is 57.7 Å². The first-order valence-electron chi connectivity index (χ1n) is 6.80. The zero-order chi connectivity index (χ0) is 12.3. The molecule has 0 spiro atoms. The SMILES string of the molecule is CCNC(CC)C(C)c1nc(CC2CC2)no1. The van der Waals surface area contributed by atoms with E-state index in [1.807, 2.05) is 0 Å². The van der Waals surface area contributed by atoms with Gasteiger partial charge < -0.3 is 9.84 Å². The van der Waals surface area contributed by atoms with Crippen LogP contribution in [0.25, 0.3) is 0 Å². The summed E-state index contributed by atoms with van der Waals surface area (Å²) in [7, 11) is 0. The molecule has 1 aromatic heterocycles. The number of hydrogen-bond acceptors (Lipinski definition) is 4. The molecule has 0 radical (unpaired) electrons. The van der Waals surface area contributed by atoms with Crippen molar-refractivity contribution in [3.63, 3.8) is 0 Å². The van der Waals surface area contributed by atoms with Crippen LogP contribution in [0.4, 0.5) is 0 Å². The second-order valence-electron chi connectivity index (χ2n) is 5.06. The summed E-state index contributed by atoms with van der Waals surface area (Å²) in [5.74, 6) is 2.78. The van der Waals surface area contributed by atoms with Crippen molar-refractivity contribution in [3.05, 3.63) is 11.7 Å². The summed E-state index contributed by atoms with van der Waals surface area (Å²) in [5.41, 5.74) is 0. The van der Waals surface area contributed by atoms with Gasteiger partial charge in [0.2, 0.25) is 5.89 Å². The first-order valence-corrected chi connectivity index (χ1v) is 6.80. The van der Waals surface area contributed by atoms with Crippen LogP contribution in [0.5, 0.6) is 0 Å². The van der Waals surface area contributed by atoms with Crippen molar-refractivity contribution >= 4 is 0 Å². The summed E-state index contributed by atoms with van der Waals surface area (Å²) in [5, 5.41) is 7.55. The fraction of sp³-hybridized carbons (Fsp3) is 0.846. The molecule has 0 amide bonds. The highest BCUT2D eigenvalue weighted by Crippen LogP contribution is 2.32. The Balaban J connectivity index is 1.96. The molecule has 4 heteroatoms. The Kier molecular flexibility index (Phi) is 4.15. The first-order chi connectivity index (χ1) is 8.24. The van der Waals surface area contributed by atoms with Gasteiger partial charge in [0, 0.05) is 12.5 Å². The Morgan fingerprint density at radius 2 is 2.18 bits per heavy atom. The highest BCUT2D eigenvalue weighted by atomic mass is 16.5. The van der Waals surface area contributed by atoms with Gasteiger partial charge in [0.15, 0.2) is 5.82 Å². The third kappa shape index (κ3) is 3.28. The third-order valence-corrected chi connectivity index (χ3v) is 3.55. The maximum atomic E-state index is 5.38. The van der Waals surface area contributed by atoms with Crippen LogP contribution in [-0.2, 0) is 6.42 Å². The predicted molar refractivity (Wildman–Crippen MR) is 66.9 cm³/mol. The molecule has 0 saturated heterocycles. The van der Waals surface area contributed by atoms with Crippen LogP contribution in [0.3, 0.4) is 0 Å². The fourth-order valence-electron chi connectivity index (χ4n) is 2.22. The van der Waals surface area contributed by atoms with Crippen molar-refractivity contribution in [1.29, 1.82) is 0 Å². The summed E-state index contributed by atoms with van der Waals surface area (Å²) in [6.45, 7) is 7.45. The smallest absolute Gasteiger partial charge is 0.231 e. The second-order valence-corrected chi connectivity index (χ2v) is 5.06. The van der Waals surface area contributed by atoms with Crippen molar-refractivity contribution in [2.24, 2.45) is 5.92 Å². The maximum absolute atomic E-state index is 5.38. The van der Waals surface area contributed by atoms with Gasteiger partial charge >= 0.3 is 0 Å². The van der Waals surface area contributed by atoms with Gasteiger partial charge in [0.25, 0.3) is 0 Å². The molecule has 4 nitrogen and oxygen atoms in total. The second kappa shape index (κ2) is 5.63. The highest BCUT2D eigenvalue weighted by molar-refractivity contribution is 4.99. The summed E-state index contributed by atoms with van der Waals surface area (Å²) < 4.78 is 5.38. The Morgan fingerprint density at radius 1 is 1.41 bits per heavy atom. The van der Waals surface area contributed by atoms with Gasteiger partial charge in [-0.05, 0) is 31.7 Å². The minimum Gasteiger partial charge on any atom is -0.339 e. The summed E-state index contributed by atoms with van der Waals surface area (Å²) in [6.07, 6.45) is 4.73. The molecule has 2 rings (SSSR count). The molecule has 1 aromatic rings. The van der Waals surface area contributed by atoms with Crippen LogP contribution >= 0.6 is 0 Å². The molecule has 2 atom stereocenters. The maximum Gasteiger partial charge on any atom is 0.231 e. The van der Waals surface area contributed by atoms with E-state index < -0.39 is 0 Å². The third-order valence-electron chi connectivity index (χ3n) is 3.55. The van der Waals surface area contributed by atoms with E-state index in [2.05, 4.69) is 36.2 Å². The summed E-state index contributed by atoms with van der Waals surface area (Å²) in [4.78, 5) is 4.52. The average Bonchev–Trinajstić information content (AvgIpc) is 3.01. The van der Waals surface area contributed by atoms with Gasteiger partial charge in [-0.3, -0.25) is 0 Å². The Morgan fingerprint density at radius 3 is 2.76 bits per heavy atom. The van der Waals surface area contributed by atoms with Gasteiger partial charge in [-0.25, -0.2) is 0 Å². The topological polar surface area (TPSA) is 51.0 Å². The lowest BCUT2D eigenvalue weighted by atomic mass is 9.99. The predicted octanol–water partition coefficient (Wildman–Crippen LogP) is 2.51. The van der Waals surface area contributed by atoms with E-state index in [-0.39, 0.29) is 0 Å². The minimum absolute atomic E-state index is 0.292. The lowest BCUT2D eigenvalue weighted by Crippen LogP contribution is -2.33. The fourth-order valence-corrected chi connectivity index (χ4v) is 2.22. The highest BCUT2D eigenvalue weighted by Gasteiger charge is 2.26. The molecule has 1 N–H and O–H groups in total. The van der Waals surface area contributed by atoms with Gasteiger partial charge in [-0.1, -0.05) is 25.9 Å². The molecule has 0 aromatic carbocycles. The van der Waals surface area contributed by atoms with Crippen molar-refractivity contribution in [1.82, 2.24) is 15.5 Å². The molecule has 96 valence electrons. The zero-order valence-corrected chi connectivity index (χ0v) is 11.1. The van der Waals surface area contributed by atoms with Gasteiger partial charge in [0.1, 0.15) is 0 Å². The van der Waals surface area contributed by atoms with Crippen molar-refractivity contribution < 1.29 is 4.52 Å². The Labute approximate surface area is 103 Å². The van der Waals surface area contributed by atoms with Gasteiger partial charge in [0.05, 0.1) is 5.92 Å². The molecule has 17 heavy (non-hydrogen) atoms. The molecule has 1 saturated carbocycles. The Bertz CT molecular complexity index is 346. The number of nitrogens with zero attached hydrogens (tertiary/aromatic N) is 2. The van der Waals surface area contributed by atoms with E-state index in [0.29, 0.717) is 12.0 Å². The normalized spacial score (nSPS) is 19.2. The molecule has 1 aliphatic rings. The van der Waals surface area contributed by atoms with E-state index in [1.165, 1.54) is 12.8 Å². The number of hydrogen-bond donors (Lipinski definition) is 1. The number of rotatable bonds is 7. The first kappa shape index (κ1) is 12.6. The average molecular weight is 237 g/mol. The van der Waals surface area contributed by atoms with Crippen LogP contribution < -0.4 is 5.32 Å². The van der Waals surface area contributed by atoms with Crippen molar-refractivity contribution in [3.8, 4) is 0 Å². The monoisotopic (exact) mass is 237 g/mol. The molecule has 0 aliphatic heterocycles. The molecular formula is C13H23N3O. The van der Waals surface area contributed by atoms with Gasteiger partial charge in [-0.2, -0.15) is 4.98 Å². The standard InChI is InChI=1S/C13H23N3O/c1-4-11(14-5-2)9(3)13-15-12(16-17-13)8-10-6-7-10/h9-11,14H,4-8H2,1-3H3. The minimum atomic E-state index is 0.292. The number of aromatic nitrogens is 2. The summed E-state index contributed by atoms with van der Waals surface area (Å²) in [6, 6.07) is 0.425.